The second-order valence-electron chi connectivity index (χ2n) is 9.73. The molecule has 0 saturated heterocycles. The monoisotopic (exact) mass is 660 g/mol. The summed E-state index contributed by atoms with van der Waals surface area (Å²) in [6.45, 7) is 1.88. The highest BCUT2D eigenvalue weighted by molar-refractivity contribution is 5.96. The summed E-state index contributed by atoms with van der Waals surface area (Å²) in [7, 11) is 0. The number of carboxylic acids is 2. The summed E-state index contributed by atoms with van der Waals surface area (Å²) in [5, 5.41) is 36.6. The highest BCUT2D eigenvalue weighted by Gasteiger charge is 2.33. The van der Waals surface area contributed by atoms with Gasteiger partial charge in [-0.25, -0.2) is 23.9 Å². The van der Waals surface area contributed by atoms with Crippen LogP contribution >= 0.6 is 0 Å². The Kier molecular flexibility index (Phi) is 8.23. The molecular formula is C28H18F6N8O5. The molecule has 5 aromatic rings. The average molecular weight is 660 g/mol. The topological polar surface area (TPSA) is 178 Å². The van der Waals surface area contributed by atoms with Gasteiger partial charge in [-0.2, -0.15) is 26.3 Å². The molecule has 0 aliphatic carbocycles. The van der Waals surface area contributed by atoms with Crippen molar-refractivity contribution in [2.75, 3.05) is 6.54 Å². The lowest BCUT2D eigenvalue weighted by Gasteiger charge is -2.10. The van der Waals surface area contributed by atoms with Crippen LogP contribution in [-0.2, 0) is 12.4 Å². The molecule has 3 aromatic heterocycles. The average Bonchev–Trinajstić information content (AvgIpc) is 3.71. The Bertz CT molecular complexity index is 1900. The van der Waals surface area contributed by atoms with Crippen molar-refractivity contribution in [1.82, 2.24) is 40.3 Å². The third-order valence-electron chi connectivity index (χ3n) is 6.45. The minimum Gasteiger partial charge on any atom is -0.478 e. The predicted octanol–water partition coefficient (Wildman–Crippen LogP) is 4.76. The number of alkyl halides is 6. The summed E-state index contributed by atoms with van der Waals surface area (Å²) in [6, 6.07) is 6.71. The fourth-order valence-electron chi connectivity index (χ4n) is 4.26. The Morgan fingerprint density at radius 2 is 1.09 bits per heavy atom. The number of hydrogen-bond acceptors (Lipinski definition) is 8. The third-order valence-corrected chi connectivity index (χ3v) is 6.45. The molecule has 0 spiro atoms. The number of aromatic carboxylic acids is 2. The summed E-state index contributed by atoms with van der Waals surface area (Å²) in [5.74, 6) is -3.81. The Labute approximate surface area is 258 Å². The van der Waals surface area contributed by atoms with E-state index in [0.29, 0.717) is 24.3 Å². The van der Waals surface area contributed by atoms with E-state index < -0.39 is 52.5 Å². The van der Waals surface area contributed by atoms with Gasteiger partial charge in [-0.1, -0.05) is 10.4 Å². The first-order valence-corrected chi connectivity index (χ1v) is 13.1. The summed E-state index contributed by atoms with van der Waals surface area (Å²) >= 11 is 0. The van der Waals surface area contributed by atoms with Crippen molar-refractivity contribution in [3.63, 3.8) is 0 Å². The molecular weight excluding hydrogens is 642 g/mol. The van der Waals surface area contributed by atoms with Gasteiger partial charge in [-0.05, 0) is 55.5 Å². The first-order valence-electron chi connectivity index (χ1n) is 13.1. The van der Waals surface area contributed by atoms with Crippen molar-refractivity contribution in [3.8, 4) is 34.2 Å². The molecule has 242 valence electrons. The normalized spacial score (nSPS) is 11.8. The zero-order valence-electron chi connectivity index (χ0n) is 23.5. The van der Waals surface area contributed by atoms with Crippen LogP contribution in [0.15, 0.2) is 60.9 Å². The Morgan fingerprint density at radius 3 is 1.45 bits per heavy atom. The maximum Gasteiger partial charge on any atom is 0.416 e. The van der Waals surface area contributed by atoms with Crippen molar-refractivity contribution >= 4 is 17.8 Å². The predicted molar refractivity (Wildman–Crippen MR) is 147 cm³/mol. The zero-order chi connectivity index (χ0) is 34.3. The second-order valence-corrected chi connectivity index (χ2v) is 9.73. The maximum absolute atomic E-state index is 13.4. The van der Waals surface area contributed by atoms with E-state index in [1.807, 2.05) is 0 Å². The van der Waals surface area contributed by atoms with Gasteiger partial charge in [0.05, 0.1) is 57.4 Å². The summed E-state index contributed by atoms with van der Waals surface area (Å²) in [4.78, 5) is 40.1. The molecule has 0 saturated carbocycles. The molecule has 5 rings (SSSR count). The fraction of sp³-hybridized carbons (Fsp3) is 0.143. The molecule has 0 atom stereocenters. The van der Waals surface area contributed by atoms with Gasteiger partial charge in [0, 0.05) is 12.1 Å². The van der Waals surface area contributed by atoms with Gasteiger partial charge in [0.1, 0.15) is 11.4 Å². The van der Waals surface area contributed by atoms with E-state index in [4.69, 9.17) is 0 Å². The quantitative estimate of drug-likeness (QED) is 0.197. The number of benzene rings is 2. The van der Waals surface area contributed by atoms with Gasteiger partial charge >= 0.3 is 24.3 Å². The number of halogens is 6. The molecule has 3 N–H and O–H groups in total. The number of amides is 1. The van der Waals surface area contributed by atoms with Crippen LogP contribution in [0.1, 0.15) is 49.1 Å². The molecule has 0 bridgehead atoms. The number of carboxylic acid groups (broad SMARTS) is 2. The van der Waals surface area contributed by atoms with E-state index in [1.54, 1.807) is 6.92 Å². The summed E-state index contributed by atoms with van der Waals surface area (Å²) < 4.78 is 82.4. The standard InChI is InChI=1S/C28H18F6N8O5/c1-2-35-24(43)13-7-20(22-11-41(39-37-22)18-5-14(25(44)45)3-16(9-18)27(29,30)31)36-21(8-13)23-12-42(40-38-23)19-6-15(26(46)47)4-17(10-19)28(32,33)34/h3-12H,2H2,1H3,(H,35,43)(H,44,45)(H,46,47). The number of rotatable bonds is 8. The Morgan fingerprint density at radius 1 is 0.660 bits per heavy atom. The molecule has 13 nitrogen and oxygen atoms in total. The van der Waals surface area contributed by atoms with E-state index in [1.165, 1.54) is 12.1 Å². The van der Waals surface area contributed by atoms with E-state index in [-0.39, 0.29) is 46.3 Å². The molecule has 0 radical (unpaired) electrons. The highest BCUT2D eigenvalue weighted by atomic mass is 19.4. The van der Waals surface area contributed by atoms with E-state index in [0.717, 1.165) is 33.9 Å². The van der Waals surface area contributed by atoms with Crippen LogP contribution in [0.2, 0.25) is 0 Å². The number of nitrogens with one attached hydrogen (secondary N) is 1. The SMILES string of the molecule is CCNC(=O)c1cc(-c2cn(-c3cc(C(=O)O)cc(C(F)(F)F)c3)nn2)nc(-c2cn(-c3cc(C(=O)O)cc(C(F)(F)F)c3)nn2)c1. The smallest absolute Gasteiger partial charge is 0.416 e. The molecule has 47 heavy (non-hydrogen) atoms. The molecule has 0 unspecified atom stereocenters. The molecule has 2 aromatic carbocycles. The first-order chi connectivity index (χ1) is 22.0. The minimum atomic E-state index is -4.87. The number of carbonyl (C=O) groups excluding carboxylic acids is 1. The van der Waals surface area contributed by atoms with Crippen LogP contribution in [0.5, 0.6) is 0 Å². The van der Waals surface area contributed by atoms with E-state index in [9.17, 15) is 50.9 Å². The molecule has 0 fully saturated rings. The molecule has 3 heterocycles. The van der Waals surface area contributed by atoms with Crippen molar-refractivity contribution in [1.29, 1.82) is 0 Å². The summed E-state index contributed by atoms with van der Waals surface area (Å²) in [5.41, 5.74) is -4.60. The van der Waals surface area contributed by atoms with Gasteiger partial charge < -0.3 is 15.5 Å². The Balaban J connectivity index is 1.59. The molecule has 19 heteroatoms. The third kappa shape index (κ3) is 6.92. The zero-order valence-corrected chi connectivity index (χ0v) is 23.5. The van der Waals surface area contributed by atoms with Gasteiger partial charge in [0.2, 0.25) is 0 Å². The van der Waals surface area contributed by atoms with Crippen molar-refractivity contribution in [3.05, 3.63) is 88.7 Å². The van der Waals surface area contributed by atoms with Gasteiger partial charge in [-0.3, -0.25) is 4.79 Å². The van der Waals surface area contributed by atoms with Crippen LogP contribution in [-0.4, -0.2) is 69.6 Å². The van der Waals surface area contributed by atoms with Gasteiger partial charge in [0.15, 0.2) is 0 Å². The lowest BCUT2D eigenvalue weighted by Crippen LogP contribution is -2.22. The number of aromatic nitrogens is 7. The summed E-state index contributed by atoms with van der Waals surface area (Å²) in [6.07, 6.45) is -7.47. The van der Waals surface area contributed by atoms with Gasteiger partial charge in [-0.15, -0.1) is 10.2 Å². The highest BCUT2D eigenvalue weighted by Crippen LogP contribution is 2.33. The van der Waals surface area contributed by atoms with Crippen LogP contribution in [0, 0.1) is 0 Å². The van der Waals surface area contributed by atoms with Crippen molar-refractivity contribution in [2.24, 2.45) is 0 Å². The maximum atomic E-state index is 13.4. The lowest BCUT2D eigenvalue weighted by molar-refractivity contribution is -0.138. The van der Waals surface area contributed by atoms with Crippen LogP contribution in [0.25, 0.3) is 34.2 Å². The molecule has 1 amide bonds. The number of hydrogen-bond donors (Lipinski definition) is 3. The van der Waals surface area contributed by atoms with Crippen molar-refractivity contribution < 1.29 is 50.9 Å². The van der Waals surface area contributed by atoms with E-state index in [2.05, 4.69) is 30.9 Å². The van der Waals surface area contributed by atoms with Crippen molar-refractivity contribution in [2.45, 2.75) is 19.3 Å². The largest absolute Gasteiger partial charge is 0.478 e. The van der Waals surface area contributed by atoms with Gasteiger partial charge in [0.25, 0.3) is 5.91 Å². The number of nitrogens with zero attached hydrogens (tertiary/aromatic N) is 7. The van der Waals surface area contributed by atoms with Crippen LogP contribution in [0.3, 0.4) is 0 Å². The van der Waals surface area contributed by atoms with Crippen LogP contribution in [0.4, 0.5) is 26.3 Å². The fourth-order valence-corrected chi connectivity index (χ4v) is 4.26. The van der Waals surface area contributed by atoms with Crippen LogP contribution < -0.4 is 5.32 Å². The van der Waals surface area contributed by atoms with E-state index >= 15 is 0 Å². The first kappa shape index (κ1) is 32.3. The second kappa shape index (κ2) is 12.0. The lowest BCUT2D eigenvalue weighted by atomic mass is 10.1. The number of pyridine rings is 1. The molecule has 0 aliphatic heterocycles. The number of carbonyl (C=O) groups is 3. The Hall–Kier alpha value is -6.14. The molecule has 0 aliphatic rings. The minimum absolute atomic E-state index is 0.00964.